The third kappa shape index (κ3) is 3.22. The summed E-state index contributed by atoms with van der Waals surface area (Å²) in [6.45, 7) is 2.40. The second-order valence-electron chi connectivity index (χ2n) is 11.7. The fourth-order valence-electron chi connectivity index (χ4n) is 7.23. The fraction of sp³-hybridized carbons (Fsp3) is 0.0769. The molecule has 9 rings (SSSR count). The van der Waals surface area contributed by atoms with E-state index < -0.39 is 0 Å². The molecule has 2 unspecified atom stereocenters. The maximum absolute atomic E-state index is 5.27. The van der Waals surface area contributed by atoms with Gasteiger partial charge in [-0.05, 0) is 57.8 Å². The van der Waals surface area contributed by atoms with E-state index in [0.717, 1.165) is 33.6 Å². The highest BCUT2D eigenvalue weighted by atomic mass is 15.1. The molecule has 2 heterocycles. The summed E-state index contributed by atoms with van der Waals surface area (Å²) < 4.78 is 2.28. The highest BCUT2D eigenvalue weighted by Crippen LogP contribution is 2.54. The number of allylic oxidation sites excluding steroid dienone is 4. The SMILES string of the molecule is CC12C=CC=CC1c1cccc3c1c(cn3-c1nc3ccccc3nc1-c1ccccc1)-c1cc3ccccc3cc12. The normalized spacial score (nSPS) is 18.7. The molecule has 7 aromatic rings. The van der Waals surface area contributed by atoms with Gasteiger partial charge in [0.15, 0.2) is 5.82 Å². The zero-order valence-electron chi connectivity index (χ0n) is 23.2. The van der Waals surface area contributed by atoms with Crippen molar-refractivity contribution in [3.8, 4) is 28.2 Å². The summed E-state index contributed by atoms with van der Waals surface area (Å²) in [6.07, 6.45) is 11.5. The molecule has 2 aliphatic rings. The molecule has 2 aliphatic carbocycles. The van der Waals surface area contributed by atoms with Crippen LogP contribution in [0.4, 0.5) is 0 Å². The van der Waals surface area contributed by atoms with Crippen molar-refractivity contribution in [1.29, 1.82) is 0 Å². The Labute approximate surface area is 244 Å². The smallest absolute Gasteiger partial charge is 0.164 e. The van der Waals surface area contributed by atoms with Gasteiger partial charge in [0.05, 0.1) is 16.6 Å². The fourth-order valence-corrected chi connectivity index (χ4v) is 7.23. The molecule has 0 N–H and O–H groups in total. The van der Waals surface area contributed by atoms with E-state index in [2.05, 4.69) is 121 Å². The Hall–Kier alpha value is -5.28. The molecule has 0 saturated heterocycles. The molecule has 198 valence electrons. The Morgan fingerprint density at radius 1 is 0.690 bits per heavy atom. The zero-order valence-corrected chi connectivity index (χ0v) is 23.2. The molecule has 5 aromatic carbocycles. The second-order valence-corrected chi connectivity index (χ2v) is 11.7. The minimum Gasteiger partial charge on any atom is -0.299 e. The van der Waals surface area contributed by atoms with Gasteiger partial charge in [0.2, 0.25) is 0 Å². The van der Waals surface area contributed by atoms with Crippen molar-refractivity contribution in [3.63, 3.8) is 0 Å². The Morgan fingerprint density at radius 2 is 1.43 bits per heavy atom. The third-order valence-electron chi connectivity index (χ3n) is 9.28. The Bertz CT molecular complexity index is 2270. The van der Waals surface area contributed by atoms with Gasteiger partial charge < -0.3 is 0 Å². The number of hydrogen-bond donors (Lipinski definition) is 0. The third-order valence-corrected chi connectivity index (χ3v) is 9.28. The van der Waals surface area contributed by atoms with E-state index in [1.807, 2.05) is 30.3 Å². The van der Waals surface area contributed by atoms with E-state index in [0.29, 0.717) is 0 Å². The van der Waals surface area contributed by atoms with Crippen LogP contribution in [0.5, 0.6) is 0 Å². The van der Waals surface area contributed by atoms with Crippen molar-refractivity contribution in [2.24, 2.45) is 0 Å². The number of aromatic nitrogens is 3. The largest absolute Gasteiger partial charge is 0.299 e. The monoisotopic (exact) mass is 537 g/mol. The quantitative estimate of drug-likeness (QED) is 0.220. The lowest BCUT2D eigenvalue weighted by molar-refractivity contribution is 0.531. The number of para-hydroxylation sites is 2. The van der Waals surface area contributed by atoms with Crippen LogP contribution >= 0.6 is 0 Å². The standard InChI is InChI=1S/C39H27N3/c1-39-21-10-9-17-31(39)28-16-11-20-35-36(28)30(29-22-26-14-5-6-15-27(26)23-32(29)39)24-42(35)38-37(25-12-3-2-4-13-25)40-33-18-7-8-19-34(33)41-38/h2-24,31H,1H3. The lowest BCUT2D eigenvalue weighted by Crippen LogP contribution is -2.28. The van der Waals surface area contributed by atoms with Crippen molar-refractivity contribution in [2.75, 3.05) is 0 Å². The van der Waals surface area contributed by atoms with Gasteiger partial charge in [-0.3, -0.25) is 4.57 Å². The molecular weight excluding hydrogens is 510 g/mol. The van der Waals surface area contributed by atoms with Crippen LogP contribution < -0.4 is 0 Å². The molecule has 0 spiro atoms. The molecule has 0 saturated carbocycles. The van der Waals surface area contributed by atoms with Crippen LogP contribution in [0.15, 0.2) is 140 Å². The predicted octanol–water partition coefficient (Wildman–Crippen LogP) is 9.54. The van der Waals surface area contributed by atoms with E-state index in [-0.39, 0.29) is 11.3 Å². The number of rotatable bonds is 2. The first-order valence-corrected chi connectivity index (χ1v) is 14.6. The molecule has 0 bridgehead atoms. The lowest BCUT2D eigenvalue weighted by atomic mass is 9.66. The first-order valence-electron chi connectivity index (χ1n) is 14.6. The van der Waals surface area contributed by atoms with Crippen molar-refractivity contribution >= 4 is 32.7 Å². The van der Waals surface area contributed by atoms with Gasteiger partial charge in [0.25, 0.3) is 0 Å². The van der Waals surface area contributed by atoms with Crippen LogP contribution in [-0.2, 0) is 5.41 Å². The molecule has 0 fully saturated rings. The van der Waals surface area contributed by atoms with Crippen molar-refractivity contribution in [2.45, 2.75) is 18.3 Å². The van der Waals surface area contributed by atoms with Crippen molar-refractivity contribution in [3.05, 3.63) is 151 Å². The molecule has 2 aromatic heterocycles. The van der Waals surface area contributed by atoms with E-state index in [1.54, 1.807) is 0 Å². The summed E-state index contributed by atoms with van der Waals surface area (Å²) in [6, 6.07) is 38.8. The first-order chi connectivity index (χ1) is 20.7. The summed E-state index contributed by atoms with van der Waals surface area (Å²) in [5.41, 5.74) is 9.92. The maximum atomic E-state index is 5.27. The first kappa shape index (κ1) is 23.4. The highest BCUT2D eigenvalue weighted by Gasteiger charge is 2.40. The molecule has 0 radical (unpaired) electrons. The van der Waals surface area contributed by atoms with Gasteiger partial charge in [0, 0.05) is 34.0 Å². The van der Waals surface area contributed by atoms with Crippen LogP contribution in [-0.4, -0.2) is 14.5 Å². The number of fused-ring (bicyclic) bond motifs is 7. The van der Waals surface area contributed by atoms with Gasteiger partial charge in [0.1, 0.15) is 5.69 Å². The van der Waals surface area contributed by atoms with Crippen molar-refractivity contribution < 1.29 is 0 Å². The lowest BCUT2D eigenvalue weighted by Gasteiger charge is -2.36. The van der Waals surface area contributed by atoms with Crippen LogP contribution in [0.2, 0.25) is 0 Å². The highest BCUT2D eigenvalue weighted by molar-refractivity contribution is 6.05. The van der Waals surface area contributed by atoms with Gasteiger partial charge in [-0.25, -0.2) is 9.97 Å². The van der Waals surface area contributed by atoms with Crippen LogP contribution in [0.25, 0.3) is 60.9 Å². The Balaban J connectivity index is 1.42. The number of nitrogens with zero attached hydrogens (tertiary/aromatic N) is 3. The molecule has 0 aliphatic heterocycles. The predicted molar refractivity (Wildman–Crippen MR) is 173 cm³/mol. The van der Waals surface area contributed by atoms with Crippen LogP contribution in [0.1, 0.15) is 24.0 Å². The maximum Gasteiger partial charge on any atom is 0.164 e. The molecule has 3 heteroatoms. The molecular formula is C39H27N3. The Kier molecular flexibility index (Phi) is 4.80. The van der Waals surface area contributed by atoms with E-state index in [9.17, 15) is 0 Å². The zero-order chi connectivity index (χ0) is 27.8. The van der Waals surface area contributed by atoms with E-state index in [1.165, 1.54) is 38.4 Å². The van der Waals surface area contributed by atoms with E-state index >= 15 is 0 Å². The molecule has 3 nitrogen and oxygen atoms in total. The summed E-state index contributed by atoms with van der Waals surface area (Å²) >= 11 is 0. The van der Waals surface area contributed by atoms with Crippen LogP contribution in [0.3, 0.4) is 0 Å². The summed E-state index contributed by atoms with van der Waals surface area (Å²) in [4.78, 5) is 10.4. The summed E-state index contributed by atoms with van der Waals surface area (Å²) in [5.74, 6) is 1.05. The van der Waals surface area contributed by atoms with E-state index in [4.69, 9.17) is 9.97 Å². The Morgan fingerprint density at radius 3 is 2.26 bits per heavy atom. The minimum absolute atomic E-state index is 0.169. The minimum atomic E-state index is -0.169. The summed E-state index contributed by atoms with van der Waals surface area (Å²) in [5, 5.41) is 3.81. The number of hydrogen-bond acceptors (Lipinski definition) is 2. The van der Waals surface area contributed by atoms with Gasteiger partial charge in [-0.2, -0.15) is 0 Å². The summed E-state index contributed by atoms with van der Waals surface area (Å²) in [7, 11) is 0. The molecule has 2 atom stereocenters. The van der Waals surface area contributed by atoms with Crippen LogP contribution in [0, 0.1) is 0 Å². The van der Waals surface area contributed by atoms with Gasteiger partial charge in [-0.1, -0.05) is 110 Å². The van der Waals surface area contributed by atoms with Crippen molar-refractivity contribution in [1.82, 2.24) is 14.5 Å². The topological polar surface area (TPSA) is 30.7 Å². The molecule has 42 heavy (non-hydrogen) atoms. The molecule has 0 amide bonds. The van der Waals surface area contributed by atoms with Gasteiger partial charge in [-0.15, -0.1) is 0 Å². The van der Waals surface area contributed by atoms with Gasteiger partial charge >= 0.3 is 0 Å². The average Bonchev–Trinajstić information content (AvgIpc) is 3.40. The second kappa shape index (κ2) is 8.61. The average molecular weight is 538 g/mol. The number of benzene rings is 5.